The molecule has 2 aromatic carbocycles. The Kier molecular flexibility index (Phi) is 4.26. The number of Topliss-reactive ketones (excluding diaryl/α,β-unsaturated/α-hetero) is 1. The Balaban J connectivity index is 1.49. The fourth-order valence-corrected chi connectivity index (χ4v) is 3.63. The summed E-state index contributed by atoms with van der Waals surface area (Å²) in [5.74, 6) is 0.832. The number of hydrazone groups is 1. The van der Waals surface area contributed by atoms with Crippen molar-refractivity contribution in [3.63, 3.8) is 0 Å². The van der Waals surface area contributed by atoms with Crippen molar-refractivity contribution < 1.29 is 9.53 Å². The number of hydrogen-bond acceptors (Lipinski definition) is 5. The Morgan fingerprint density at radius 3 is 2.81 bits per heavy atom. The number of fused-ring (bicyclic) bond motifs is 1. The van der Waals surface area contributed by atoms with Crippen molar-refractivity contribution in [2.75, 3.05) is 5.75 Å². The number of benzene rings is 2. The Bertz CT molecular complexity index is 1150. The minimum atomic E-state index is 0.0438. The monoisotopic (exact) mass is 363 g/mol. The minimum absolute atomic E-state index is 0.0438. The van der Waals surface area contributed by atoms with Crippen molar-refractivity contribution in [3.05, 3.63) is 70.2 Å². The van der Waals surface area contributed by atoms with Crippen molar-refractivity contribution in [3.8, 4) is 0 Å². The van der Waals surface area contributed by atoms with Gasteiger partial charge in [0.1, 0.15) is 0 Å². The van der Waals surface area contributed by atoms with E-state index >= 15 is 0 Å². The predicted molar refractivity (Wildman–Crippen MR) is 106 cm³/mol. The van der Waals surface area contributed by atoms with Gasteiger partial charge >= 0.3 is 0 Å². The van der Waals surface area contributed by atoms with E-state index in [4.69, 9.17) is 4.74 Å². The van der Waals surface area contributed by atoms with Gasteiger partial charge in [-0.25, -0.2) is 5.43 Å². The summed E-state index contributed by atoms with van der Waals surface area (Å²) >= 11 is 1.27. The molecule has 0 aliphatic carbocycles. The van der Waals surface area contributed by atoms with E-state index in [0.29, 0.717) is 11.1 Å². The molecule has 0 unspecified atom stereocenters. The zero-order chi connectivity index (χ0) is 18.1. The van der Waals surface area contributed by atoms with Gasteiger partial charge in [0.25, 0.3) is 5.23 Å². The summed E-state index contributed by atoms with van der Waals surface area (Å²) in [4.78, 5) is 16.0. The van der Waals surface area contributed by atoms with Crippen LogP contribution in [0.3, 0.4) is 0 Å². The molecule has 6 heteroatoms. The minimum Gasteiger partial charge on any atom is -0.413 e. The molecule has 3 aromatic rings. The van der Waals surface area contributed by atoms with Crippen LogP contribution < -0.4 is 15.9 Å². The van der Waals surface area contributed by atoms with Crippen LogP contribution in [0, 0.1) is 6.92 Å². The molecule has 0 fully saturated rings. The van der Waals surface area contributed by atoms with E-state index in [2.05, 4.69) is 22.1 Å². The summed E-state index contributed by atoms with van der Waals surface area (Å²) < 4.78 is 5.73. The number of H-pyrrole nitrogens is 1. The second kappa shape index (κ2) is 6.72. The lowest BCUT2D eigenvalue weighted by Crippen LogP contribution is -2.28. The van der Waals surface area contributed by atoms with E-state index in [1.807, 2.05) is 55.5 Å². The van der Waals surface area contributed by atoms with Crippen molar-refractivity contribution >= 4 is 46.1 Å². The van der Waals surface area contributed by atoms with Gasteiger partial charge in [0.05, 0.1) is 5.75 Å². The molecule has 0 bridgehead atoms. The van der Waals surface area contributed by atoms with E-state index in [1.165, 1.54) is 11.8 Å². The molecule has 1 aliphatic heterocycles. The van der Waals surface area contributed by atoms with E-state index in [0.717, 1.165) is 32.6 Å². The molecule has 26 heavy (non-hydrogen) atoms. The first-order valence-electron chi connectivity index (χ1n) is 8.16. The molecule has 0 radical (unpaired) electrons. The molecule has 1 aliphatic rings. The van der Waals surface area contributed by atoms with Gasteiger partial charge in [0.2, 0.25) is 5.88 Å². The number of carbonyl (C=O) groups is 1. The van der Waals surface area contributed by atoms with Crippen molar-refractivity contribution in [1.82, 2.24) is 10.4 Å². The average molecular weight is 363 g/mol. The van der Waals surface area contributed by atoms with Crippen LogP contribution in [-0.2, 0) is 4.74 Å². The lowest BCUT2D eigenvalue weighted by molar-refractivity contribution is 0.102. The Morgan fingerprint density at radius 1 is 1.19 bits per heavy atom. The highest BCUT2D eigenvalue weighted by molar-refractivity contribution is 8.14. The van der Waals surface area contributed by atoms with Crippen molar-refractivity contribution in [1.29, 1.82) is 0 Å². The summed E-state index contributed by atoms with van der Waals surface area (Å²) in [6, 6.07) is 15.5. The molecule has 0 amide bonds. The third-order valence-electron chi connectivity index (χ3n) is 4.20. The number of aryl methyl sites for hydroxylation is 1. The van der Waals surface area contributed by atoms with Crippen LogP contribution in [0.2, 0.25) is 0 Å². The van der Waals surface area contributed by atoms with Gasteiger partial charge in [-0.05, 0) is 24.3 Å². The van der Waals surface area contributed by atoms with Crippen LogP contribution in [0.5, 0.6) is 0 Å². The van der Waals surface area contributed by atoms with Gasteiger partial charge in [-0.1, -0.05) is 54.7 Å². The number of nitrogens with one attached hydrogen (secondary N) is 2. The zero-order valence-corrected chi connectivity index (χ0v) is 15.0. The van der Waals surface area contributed by atoms with Gasteiger partial charge in [-0.15, -0.1) is 5.10 Å². The smallest absolute Gasteiger partial charge is 0.274 e. The Hall–Kier alpha value is -2.99. The number of aromatic amines is 1. The second-order valence-electron chi connectivity index (χ2n) is 5.96. The average Bonchev–Trinajstić information content (AvgIpc) is 3.23. The van der Waals surface area contributed by atoms with Crippen LogP contribution in [0.1, 0.15) is 16.1 Å². The first-order valence-corrected chi connectivity index (χ1v) is 9.15. The highest BCUT2D eigenvalue weighted by Gasteiger charge is 2.20. The lowest BCUT2D eigenvalue weighted by Gasteiger charge is -2.02. The molecular formula is C20H17N3O2S. The van der Waals surface area contributed by atoms with Crippen LogP contribution in [0.25, 0.3) is 23.4 Å². The predicted octanol–water partition coefficient (Wildman–Crippen LogP) is 2.46. The summed E-state index contributed by atoms with van der Waals surface area (Å²) in [5, 5.41) is 7.23. The lowest BCUT2D eigenvalue weighted by atomic mass is 10.1. The zero-order valence-electron chi connectivity index (χ0n) is 14.2. The number of para-hydroxylation sites is 1. The number of hydrogen-bond donors (Lipinski definition) is 2. The molecule has 2 N–H and O–H groups in total. The summed E-state index contributed by atoms with van der Waals surface area (Å²) in [5.41, 5.74) is 5.44. The topological polar surface area (TPSA) is 66.5 Å². The summed E-state index contributed by atoms with van der Waals surface area (Å²) in [6.07, 6.45) is 0. The SMILES string of the molecule is C=c1ccccc1=C1NN=C(SCC(=O)c2c(C)[nH]c3ccccc23)O1. The number of rotatable bonds is 3. The van der Waals surface area contributed by atoms with Gasteiger partial charge in [-0.3, -0.25) is 4.79 Å². The number of carbonyl (C=O) groups excluding carboxylic acids is 1. The fraction of sp³-hybridized carbons (Fsp3) is 0.100. The molecule has 1 aromatic heterocycles. The maximum atomic E-state index is 12.7. The fourth-order valence-electron chi connectivity index (χ4n) is 2.98. The number of thioether (sulfide) groups is 1. The van der Waals surface area contributed by atoms with Gasteiger partial charge in [0, 0.05) is 27.4 Å². The standard InChI is InChI=1S/C20H17N3O2S/c1-12-7-3-4-8-14(12)19-22-23-20(25-19)26-11-17(24)18-13(2)21-16-10-6-5-9-15(16)18/h3-10,21-22H,1,11H2,2H3. The first kappa shape index (κ1) is 16.5. The van der Waals surface area contributed by atoms with Gasteiger partial charge < -0.3 is 9.72 Å². The molecule has 0 saturated carbocycles. The quantitative estimate of drug-likeness (QED) is 0.702. The maximum Gasteiger partial charge on any atom is 0.274 e. The van der Waals surface area contributed by atoms with Crippen LogP contribution in [-0.4, -0.2) is 21.7 Å². The van der Waals surface area contributed by atoms with Gasteiger partial charge in [0.15, 0.2) is 5.78 Å². The summed E-state index contributed by atoms with van der Waals surface area (Å²) in [6.45, 7) is 5.90. The molecule has 0 atom stereocenters. The number of ether oxygens (including phenoxy) is 1. The summed E-state index contributed by atoms with van der Waals surface area (Å²) in [7, 11) is 0. The van der Waals surface area contributed by atoms with E-state index in [1.54, 1.807) is 0 Å². The number of ketones is 1. The first-order chi connectivity index (χ1) is 12.6. The molecule has 4 rings (SSSR count). The molecule has 0 saturated heterocycles. The molecule has 2 heterocycles. The largest absolute Gasteiger partial charge is 0.413 e. The Labute approximate surface area is 154 Å². The van der Waals surface area contributed by atoms with Gasteiger partial charge in [-0.2, -0.15) is 0 Å². The Morgan fingerprint density at radius 2 is 1.96 bits per heavy atom. The van der Waals surface area contributed by atoms with E-state index in [-0.39, 0.29) is 11.5 Å². The molecule has 5 nitrogen and oxygen atoms in total. The molecular weight excluding hydrogens is 346 g/mol. The maximum absolute atomic E-state index is 12.7. The van der Waals surface area contributed by atoms with Crippen molar-refractivity contribution in [2.45, 2.75) is 6.92 Å². The highest BCUT2D eigenvalue weighted by Crippen LogP contribution is 2.24. The number of nitrogens with zero attached hydrogens (tertiary/aromatic N) is 1. The van der Waals surface area contributed by atoms with Crippen molar-refractivity contribution in [2.24, 2.45) is 5.10 Å². The van der Waals surface area contributed by atoms with E-state index < -0.39 is 0 Å². The molecule has 0 spiro atoms. The van der Waals surface area contributed by atoms with Crippen LogP contribution in [0.4, 0.5) is 0 Å². The van der Waals surface area contributed by atoms with E-state index in [9.17, 15) is 4.79 Å². The van der Waals surface area contributed by atoms with Crippen LogP contribution >= 0.6 is 11.8 Å². The van der Waals surface area contributed by atoms with Crippen LogP contribution in [0.15, 0.2) is 53.6 Å². The normalized spacial score (nSPS) is 15.5. The highest BCUT2D eigenvalue weighted by atomic mass is 32.2. The molecule has 130 valence electrons. The number of aromatic nitrogens is 1. The third kappa shape index (κ3) is 2.99. The second-order valence-corrected chi connectivity index (χ2v) is 6.89. The third-order valence-corrected chi connectivity index (χ3v) is 5.03.